The molecule has 1 aliphatic carbocycles. The Bertz CT molecular complexity index is 930. The summed E-state index contributed by atoms with van der Waals surface area (Å²) in [7, 11) is 0. The van der Waals surface area contributed by atoms with Crippen molar-refractivity contribution in [2.24, 2.45) is 5.92 Å². The topological polar surface area (TPSA) is 67.9 Å². The number of pyridine rings is 2. The SMILES string of the molecule is Clc1cnccc1N1C[C@H]2CCC[C@@]2(c2nc(-c3cccnc3)no2)C1. The van der Waals surface area contributed by atoms with E-state index in [2.05, 4.69) is 20.0 Å². The molecule has 0 aromatic carbocycles. The van der Waals surface area contributed by atoms with Crippen molar-refractivity contribution in [2.45, 2.75) is 24.7 Å². The predicted octanol–water partition coefficient (Wildman–Crippen LogP) is 3.74. The van der Waals surface area contributed by atoms with Gasteiger partial charge in [0, 0.05) is 43.4 Å². The standard InChI is InChI=1S/C19H18ClN5O/c20-15-10-22-8-5-16(15)25-11-14-4-1-6-19(14,12-25)18-23-17(24-26-18)13-3-2-7-21-9-13/h2-3,5,7-10,14H,1,4,6,11-12H2/t14-,19-/m1/s1. The van der Waals surface area contributed by atoms with Crippen molar-refractivity contribution in [1.82, 2.24) is 20.1 Å². The number of aromatic nitrogens is 4. The van der Waals surface area contributed by atoms with Gasteiger partial charge in [0.05, 0.1) is 16.1 Å². The first-order chi connectivity index (χ1) is 12.8. The van der Waals surface area contributed by atoms with Gasteiger partial charge in [0.25, 0.3) is 0 Å². The molecule has 0 bridgehead atoms. The second-order valence-electron chi connectivity index (χ2n) is 7.12. The maximum atomic E-state index is 6.37. The number of hydrogen-bond acceptors (Lipinski definition) is 6. The zero-order valence-electron chi connectivity index (χ0n) is 14.2. The number of nitrogens with zero attached hydrogens (tertiary/aromatic N) is 5. The maximum absolute atomic E-state index is 6.37. The van der Waals surface area contributed by atoms with Gasteiger partial charge < -0.3 is 9.42 Å². The van der Waals surface area contributed by atoms with Gasteiger partial charge in [-0.15, -0.1) is 0 Å². The first-order valence-corrected chi connectivity index (χ1v) is 9.23. The third-order valence-corrected chi connectivity index (χ3v) is 6.03. The van der Waals surface area contributed by atoms with Crippen LogP contribution in [0.3, 0.4) is 0 Å². The van der Waals surface area contributed by atoms with Crippen LogP contribution in [-0.4, -0.2) is 33.2 Å². The summed E-state index contributed by atoms with van der Waals surface area (Å²) < 4.78 is 5.76. The molecule has 6 nitrogen and oxygen atoms in total. The highest BCUT2D eigenvalue weighted by atomic mass is 35.5. The molecule has 0 radical (unpaired) electrons. The van der Waals surface area contributed by atoms with E-state index in [1.165, 1.54) is 12.8 Å². The third kappa shape index (κ3) is 2.40. The van der Waals surface area contributed by atoms with Crippen LogP contribution in [0.5, 0.6) is 0 Å². The van der Waals surface area contributed by atoms with E-state index in [1.807, 2.05) is 18.2 Å². The van der Waals surface area contributed by atoms with Gasteiger partial charge in [-0.05, 0) is 37.0 Å². The molecule has 132 valence electrons. The molecule has 2 atom stereocenters. The second kappa shape index (κ2) is 6.06. The van der Waals surface area contributed by atoms with Crippen molar-refractivity contribution in [3.63, 3.8) is 0 Å². The van der Waals surface area contributed by atoms with Crippen LogP contribution in [0.4, 0.5) is 5.69 Å². The first-order valence-electron chi connectivity index (χ1n) is 8.85. The van der Waals surface area contributed by atoms with Crippen LogP contribution < -0.4 is 4.90 Å². The first kappa shape index (κ1) is 15.8. The maximum Gasteiger partial charge on any atom is 0.235 e. The molecule has 3 aromatic rings. The fourth-order valence-electron chi connectivity index (χ4n) is 4.48. The highest BCUT2D eigenvalue weighted by Crippen LogP contribution is 2.51. The van der Waals surface area contributed by atoms with E-state index in [0.29, 0.717) is 16.8 Å². The van der Waals surface area contributed by atoms with Crippen molar-refractivity contribution in [1.29, 1.82) is 0 Å². The molecule has 0 spiro atoms. The number of halogens is 1. The Kier molecular flexibility index (Phi) is 3.67. The number of anilines is 1. The molecule has 26 heavy (non-hydrogen) atoms. The largest absolute Gasteiger partial charge is 0.369 e. The van der Waals surface area contributed by atoms with Crippen molar-refractivity contribution in [2.75, 3.05) is 18.0 Å². The zero-order chi connectivity index (χ0) is 17.6. The minimum Gasteiger partial charge on any atom is -0.369 e. The van der Waals surface area contributed by atoms with E-state index in [-0.39, 0.29) is 5.41 Å². The van der Waals surface area contributed by atoms with E-state index in [1.54, 1.807) is 24.8 Å². The van der Waals surface area contributed by atoms with Crippen LogP contribution in [0.1, 0.15) is 25.2 Å². The summed E-state index contributed by atoms with van der Waals surface area (Å²) in [6.45, 7) is 1.80. The molecule has 1 saturated carbocycles. The molecule has 0 N–H and O–H groups in total. The lowest BCUT2D eigenvalue weighted by atomic mass is 9.80. The molecule has 1 saturated heterocycles. The van der Waals surface area contributed by atoms with Gasteiger partial charge in [-0.3, -0.25) is 9.97 Å². The zero-order valence-corrected chi connectivity index (χ0v) is 14.9. The van der Waals surface area contributed by atoms with Gasteiger partial charge in [-0.25, -0.2) is 0 Å². The Morgan fingerprint density at radius 1 is 1.19 bits per heavy atom. The summed E-state index contributed by atoms with van der Waals surface area (Å²) in [6.07, 6.45) is 10.4. The van der Waals surface area contributed by atoms with E-state index < -0.39 is 0 Å². The Labute approximate surface area is 156 Å². The molecule has 7 heteroatoms. The summed E-state index contributed by atoms with van der Waals surface area (Å²) in [6, 6.07) is 5.81. The summed E-state index contributed by atoms with van der Waals surface area (Å²) in [5, 5.41) is 4.91. The van der Waals surface area contributed by atoms with Gasteiger partial charge >= 0.3 is 0 Å². The van der Waals surface area contributed by atoms with Crippen LogP contribution in [0.25, 0.3) is 11.4 Å². The van der Waals surface area contributed by atoms with Crippen molar-refractivity contribution in [3.8, 4) is 11.4 Å². The van der Waals surface area contributed by atoms with Crippen molar-refractivity contribution >= 4 is 17.3 Å². The van der Waals surface area contributed by atoms with E-state index in [0.717, 1.165) is 36.7 Å². The van der Waals surface area contributed by atoms with E-state index in [9.17, 15) is 0 Å². The quantitative estimate of drug-likeness (QED) is 0.702. The molecule has 0 unspecified atom stereocenters. The predicted molar refractivity (Wildman–Crippen MR) is 98.0 cm³/mol. The minimum atomic E-state index is -0.0972. The van der Waals surface area contributed by atoms with Gasteiger partial charge in [-0.2, -0.15) is 4.98 Å². The lowest BCUT2D eigenvalue weighted by molar-refractivity contribution is 0.266. The summed E-state index contributed by atoms with van der Waals surface area (Å²) >= 11 is 6.37. The molecule has 5 rings (SSSR count). The smallest absolute Gasteiger partial charge is 0.235 e. The summed E-state index contributed by atoms with van der Waals surface area (Å²) in [5.74, 6) is 1.84. The normalized spacial score (nSPS) is 24.8. The van der Waals surface area contributed by atoms with Gasteiger partial charge in [0.2, 0.25) is 11.7 Å². The van der Waals surface area contributed by atoms with Crippen LogP contribution in [0.15, 0.2) is 47.5 Å². The van der Waals surface area contributed by atoms with E-state index in [4.69, 9.17) is 21.1 Å². The lowest BCUT2D eigenvalue weighted by Crippen LogP contribution is -2.32. The Hall–Kier alpha value is -2.47. The average Bonchev–Trinajstić information content (AvgIpc) is 3.37. The molecule has 3 aromatic heterocycles. The van der Waals surface area contributed by atoms with Gasteiger partial charge in [0.1, 0.15) is 0 Å². The molecule has 4 heterocycles. The third-order valence-electron chi connectivity index (χ3n) is 5.73. The summed E-state index contributed by atoms with van der Waals surface area (Å²) in [4.78, 5) is 15.3. The molecule has 0 amide bonds. The van der Waals surface area contributed by atoms with Gasteiger partial charge in [-0.1, -0.05) is 23.2 Å². The van der Waals surface area contributed by atoms with Crippen LogP contribution >= 0.6 is 11.6 Å². The van der Waals surface area contributed by atoms with Gasteiger partial charge in [0.15, 0.2) is 0 Å². The van der Waals surface area contributed by atoms with E-state index >= 15 is 0 Å². The number of fused-ring (bicyclic) bond motifs is 1. The number of hydrogen-bond donors (Lipinski definition) is 0. The fraction of sp³-hybridized carbons (Fsp3) is 0.368. The highest BCUT2D eigenvalue weighted by Gasteiger charge is 2.54. The molecule has 2 fully saturated rings. The molecular formula is C19H18ClN5O. The van der Waals surface area contributed by atoms with Crippen LogP contribution in [0.2, 0.25) is 5.02 Å². The fourth-order valence-corrected chi connectivity index (χ4v) is 4.72. The molecular weight excluding hydrogens is 350 g/mol. The minimum absolute atomic E-state index is 0.0972. The molecule has 1 aliphatic heterocycles. The monoisotopic (exact) mass is 367 g/mol. The van der Waals surface area contributed by atoms with Crippen LogP contribution in [0, 0.1) is 5.92 Å². The molecule has 2 aliphatic rings. The number of rotatable bonds is 3. The van der Waals surface area contributed by atoms with Crippen molar-refractivity contribution < 1.29 is 4.52 Å². The highest BCUT2D eigenvalue weighted by molar-refractivity contribution is 6.33. The lowest BCUT2D eigenvalue weighted by Gasteiger charge is -2.25. The Balaban J connectivity index is 1.50. The Morgan fingerprint density at radius 2 is 2.12 bits per heavy atom. The summed E-state index contributed by atoms with van der Waals surface area (Å²) in [5.41, 5.74) is 1.81. The average molecular weight is 368 g/mol. The second-order valence-corrected chi connectivity index (χ2v) is 7.52. The van der Waals surface area contributed by atoms with Crippen LogP contribution in [-0.2, 0) is 5.41 Å². The Morgan fingerprint density at radius 3 is 2.96 bits per heavy atom. The van der Waals surface area contributed by atoms with Crippen molar-refractivity contribution in [3.05, 3.63) is 53.9 Å².